The van der Waals surface area contributed by atoms with Crippen molar-refractivity contribution in [3.8, 4) is 5.75 Å². The third-order valence-corrected chi connectivity index (χ3v) is 3.27. The van der Waals surface area contributed by atoms with Gasteiger partial charge in [0.25, 0.3) is 0 Å². The lowest BCUT2D eigenvalue weighted by molar-refractivity contribution is -0.142. The van der Waals surface area contributed by atoms with Crippen LogP contribution in [0.15, 0.2) is 24.3 Å². The van der Waals surface area contributed by atoms with Crippen LogP contribution in [0.4, 0.5) is 0 Å². The van der Waals surface area contributed by atoms with E-state index in [9.17, 15) is 15.0 Å². The number of likely N-dealkylation sites (N-methyl/N-ethyl adjacent to an activating group) is 1. The van der Waals surface area contributed by atoms with E-state index < -0.39 is 12.1 Å². The smallest absolute Gasteiger partial charge is 0.223 e. The topological polar surface area (TPSA) is 60.8 Å². The van der Waals surface area contributed by atoms with E-state index in [1.807, 2.05) is 6.92 Å². The monoisotopic (exact) mass is 235 g/mol. The van der Waals surface area contributed by atoms with Crippen molar-refractivity contribution in [1.29, 1.82) is 0 Å². The fraction of sp³-hybridized carbons (Fsp3) is 0.462. The summed E-state index contributed by atoms with van der Waals surface area (Å²) in [6.45, 7) is 2.41. The van der Waals surface area contributed by atoms with Gasteiger partial charge in [0.2, 0.25) is 5.91 Å². The largest absolute Gasteiger partial charge is 0.508 e. The molecule has 4 nitrogen and oxygen atoms in total. The maximum atomic E-state index is 11.8. The second-order valence-electron chi connectivity index (χ2n) is 4.29. The molecule has 92 valence electrons. The Balaban J connectivity index is 2.39. The summed E-state index contributed by atoms with van der Waals surface area (Å²) in [5, 5.41) is 19.9. The Morgan fingerprint density at radius 3 is 2.76 bits per heavy atom. The number of nitrogens with zero attached hydrogens (tertiary/aromatic N) is 1. The molecule has 2 atom stereocenters. The first-order valence-electron chi connectivity index (χ1n) is 5.90. The molecule has 1 aliphatic heterocycles. The molecule has 1 saturated heterocycles. The number of carbonyl (C=O) groups excluding carboxylic acids is 1. The number of aliphatic hydroxyl groups excluding tert-OH is 1. The van der Waals surface area contributed by atoms with Crippen LogP contribution in [0.1, 0.15) is 31.4 Å². The SMILES string of the molecule is CCN1C(=O)CCC(O)C1c1ccccc1O. The number of aliphatic hydroxyl groups is 1. The van der Waals surface area contributed by atoms with E-state index in [-0.39, 0.29) is 11.7 Å². The van der Waals surface area contributed by atoms with E-state index in [0.29, 0.717) is 24.9 Å². The Morgan fingerprint density at radius 2 is 2.12 bits per heavy atom. The summed E-state index contributed by atoms with van der Waals surface area (Å²) in [4.78, 5) is 13.4. The van der Waals surface area contributed by atoms with Gasteiger partial charge in [0.05, 0.1) is 12.1 Å². The molecular formula is C13H17NO3. The van der Waals surface area contributed by atoms with Crippen LogP contribution in [0.25, 0.3) is 0 Å². The van der Waals surface area contributed by atoms with Crippen LogP contribution in [0.3, 0.4) is 0 Å². The third-order valence-electron chi connectivity index (χ3n) is 3.27. The number of hydrogen-bond acceptors (Lipinski definition) is 3. The Hall–Kier alpha value is -1.55. The molecule has 1 aromatic rings. The van der Waals surface area contributed by atoms with Crippen molar-refractivity contribution in [2.75, 3.05) is 6.54 Å². The van der Waals surface area contributed by atoms with Crippen LogP contribution in [0.5, 0.6) is 5.75 Å². The van der Waals surface area contributed by atoms with Gasteiger partial charge in [0, 0.05) is 18.5 Å². The molecule has 0 spiro atoms. The first-order chi connectivity index (χ1) is 8.15. The quantitative estimate of drug-likeness (QED) is 0.815. The molecule has 17 heavy (non-hydrogen) atoms. The number of benzene rings is 1. The fourth-order valence-corrected chi connectivity index (χ4v) is 2.42. The average molecular weight is 235 g/mol. The highest BCUT2D eigenvalue weighted by atomic mass is 16.3. The number of para-hydroxylation sites is 1. The van der Waals surface area contributed by atoms with E-state index in [1.165, 1.54) is 0 Å². The van der Waals surface area contributed by atoms with Crippen LogP contribution in [-0.4, -0.2) is 33.7 Å². The number of phenols is 1. The molecular weight excluding hydrogens is 218 g/mol. The van der Waals surface area contributed by atoms with Gasteiger partial charge >= 0.3 is 0 Å². The molecule has 1 heterocycles. The average Bonchev–Trinajstić information content (AvgIpc) is 2.33. The Labute approximate surface area is 100 Å². The maximum absolute atomic E-state index is 11.8. The van der Waals surface area contributed by atoms with Gasteiger partial charge in [-0.05, 0) is 19.4 Å². The van der Waals surface area contributed by atoms with Gasteiger partial charge in [-0.2, -0.15) is 0 Å². The molecule has 0 aliphatic carbocycles. The zero-order valence-corrected chi connectivity index (χ0v) is 9.84. The first-order valence-corrected chi connectivity index (χ1v) is 5.90. The molecule has 0 radical (unpaired) electrons. The zero-order chi connectivity index (χ0) is 12.4. The van der Waals surface area contributed by atoms with Crippen LogP contribution in [-0.2, 0) is 4.79 Å². The van der Waals surface area contributed by atoms with Crippen LogP contribution in [0.2, 0.25) is 0 Å². The molecule has 0 aromatic heterocycles. The molecule has 1 fully saturated rings. The lowest BCUT2D eigenvalue weighted by Crippen LogP contribution is -2.45. The van der Waals surface area contributed by atoms with Crippen molar-refractivity contribution in [3.05, 3.63) is 29.8 Å². The number of likely N-dealkylation sites (tertiary alicyclic amines) is 1. The molecule has 1 aromatic carbocycles. The number of amides is 1. The summed E-state index contributed by atoms with van der Waals surface area (Å²) < 4.78 is 0. The van der Waals surface area contributed by atoms with E-state index >= 15 is 0 Å². The molecule has 1 aliphatic rings. The molecule has 0 bridgehead atoms. The maximum Gasteiger partial charge on any atom is 0.223 e. The van der Waals surface area contributed by atoms with Gasteiger partial charge in [0.1, 0.15) is 5.75 Å². The molecule has 0 saturated carbocycles. The first kappa shape index (κ1) is 11.9. The van der Waals surface area contributed by atoms with Crippen molar-refractivity contribution in [3.63, 3.8) is 0 Å². The van der Waals surface area contributed by atoms with Crippen molar-refractivity contribution in [1.82, 2.24) is 4.90 Å². The highest BCUT2D eigenvalue weighted by Crippen LogP contribution is 2.35. The number of phenolic OH excluding ortho intramolecular Hbond substituents is 1. The van der Waals surface area contributed by atoms with Gasteiger partial charge in [0.15, 0.2) is 0 Å². The van der Waals surface area contributed by atoms with E-state index in [0.717, 1.165) is 0 Å². The molecule has 4 heteroatoms. The Morgan fingerprint density at radius 1 is 1.41 bits per heavy atom. The van der Waals surface area contributed by atoms with Gasteiger partial charge in [-0.25, -0.2) is 0 Å². The summed E-state index contributed by atoms with van der Waals surface area (Å²) in [5.41, 5.74) is 0.620. The van der Waals surface area contributed by atoms with Crippen molar-refractivity contribution >= 4 is 5.91 Å². The predicted octanol–water partition coefficient (Wildman–Crippen LogP) is 1.44. The second-order valence-corrected chi connectivity index (χ2v) is 4.29. The minimum Gasteiger partial charge on any atom is -0.508 e. The van der Waals surface area contributed by atoms with Crippen LogP contribution >= 0.6 is 0 Å². The fourth-order valence-electron chi connectivity index (χ4n) is 2.42. The highest BCUT2D eigenvalue weighted by molar-refractivity contribution is 5.78. The predicted molar refractivity (Wildman–Crippen MR) is 63.5 cm³/mol. The van der Waals surface area contributed by atoms with Crippen LogP contribution < -0.4 is 0 Å². The summed E-state index contributed by atoms with van der Waals surface area (Å²) in [5.74, 6) is 0.163. The summed E-state index contributed by atoms with van der Waals surface area (Å²) in [6, 6.07) is 6.43. The van der Waals surface area contributed by atoms with E-state index in [4.69, 9.17) is 0 Å². The minimum absolute atomic E-state index is 0.0334. The van der Waals surface area contributed by atoms with Gasteiger partial charge in [-0.3, -0.25) is 4.79 Å². The number of carbonyl (C=O) groups is 1. The number of hydrogen-bond donors (Lipinski definition) is 2. The van der Waals surface area contributed by atoms with Gasteiger partial charge in [-0.1, -0.05) is 18.2 Å². The van der Waals surface area contributed by atoms with Crippen molar-refractivity contribution in [2.45, 2.75) is 31.9 Å². The lowest BCUT2D eigenvalue weighted by Gasteiger charge is -2.38. The number of aromatic hydroxyl groups is 1. The molecule has 2 rings (SSSR count). The Bertz CT molecular complexity index is 419. The van der Waals surface area contributed by atoms with Crippen molar-refractivity contribution < 1.29 is 15.0 Å². The minimum atomic E-state index is -0.610. The van der Waals surface area contributed by atoms with E-state index in [2.05, 4.69) is 0 Å². The van der Waals surface area contributed by atoms with Crippen molar-refractivity contribution in [2.24, 2.45) is 0 Å². The second kappa shape index (κ2) is 4.75. The van der Waals surface area contributed by atoms with E-state index in [1.54, 1.807) is 29.2 Å². The number of rotatable bonds is 2. The number of piperidine rings is 1. The highest BCUT2D eigenvalue weighted by Gasteiger charge is 2.35. The summed E-state index contributed by atoms with van der Waals surface area (Å²) >= 11 is 0. The molecule has 2 unspecified atom stereocenters. The van der Waals surface area contributed by atoms with Gasteiger partial charge < -0.3 is 15.1 Å². The Kier molecular flexibility index (Phi) is 3.33. The molecule has 2 N–H and O–H groups in total. The lowest BCUT2D eigenvalue weighted by atomic mass is 9.91. The summed E-state index contributed by atoms with van der Waals surface area (Å²) in [6.07, 6.45) is 0.217. The van der Waals surface area contributed by atoms with Gasteiger partial charge in [-0.15, -0.1) is 0 Å². The van der Waals surface area contributed by atoms with Crippen LogP contribution in [0, 0.1) is 0 Å². The standard InChI is InChI=1S/C13H17NO3/c1-2-14-12(17)8-7-11(16)13(14)9-5-3-4-6-10(9)15/h3-6,11,13,15-16H,2,7-8H2,1H3. The molecule has 1 amide bonds. The normalized spacial score (nSPS) is 25.1. The summed E-state index contributed by atoms with van der Waals surface area (Å²) in [7, 11) is 0. The third kappa shape index (κ3) is 2.13. The zero-order valence-electron chi connectivity index (χ0n) is 9.84.